The lowest BCUT2D eigenvalue weighted by Gasteiger charge is -2.07. The van der Waals surface area contributed by atoms with Gasteiger partial charge >= 0.3 is 0 Å². The first-order valence-corrected chi connectivity index (χ1v) is 5.69. The normalized spacial score (nSPS) is 10.1. The number of nitrogens with zero attached hydrogens (tertiary/aromatic N) is 1. The van der Waals surface area contributed by atoms with E-state index in [9.17, 15) is 30.2 Å². The van der Waals surface area contributed by atoms with Gasteiger partial charge in [-0.1, -0.05) is 0 Å². The van der Waals surface area contributed by atoms with Crippen LogP contribution in [0.1, 0.15) is 10.4 Å². The van der Waals surface area contributed by atoms with Gasteiger partial charge in [0, 0.05) is 23.4 Å². The van der Waals surface area contributed by atoms with Crippen LogP contribution in [0.25, 0.3) is 0 Å². The van der Waals surface area contributed by atoms with Crippen LogP contribution in [0.3, 0.4) is 0 Å². The number of nitro benzene ring substituents is 1. The summed E-state index contributed by atoms with van der Waals surface area (Å²) in [4.78, 5) is 21.8. The lowest BCUT2D eigenvalue weighted by Crippen LogP contribution is -2.11. The summed E-state index contributed by atoms with van der Waals surface area (Å²) >= 11 is 0. The quantitative estimate of drug-likeness (QED) is 0.388. The second-order valence-corrected chi connectivity index (χ2v) is 4.12. The van der Waals surface area contributed by atoms with Gasteiger partial charge in [-0.05, 0) is 24.3 Å². The average Bonchev–Trinajstić information content (AvgIpc) is 2.44. The van der Waals surface area contributed by atoms with Gasteiger partial charge in [0.25, 0.3) is 11.6 Å². The molecule has 4 N–H and O–H groups in total. The summed E-state index contributed by atoms with van der Waals surface area (Å²) in [5.74, 6) is -2.65. The number of non-ortho nitro benzene ring substituents is 1. The highest BCUT2D eigenvalue weighted by Gasteiger charge is 2.14. The second-order valence-electron chi connectivity index (χ2n) is 4.12. The first kappa shape index (κ1) is 14.1. The third-order valence-electron chi connectivity index (χ3n) is 2.67. The molecule has 0 aliphatic heterocycles. The Morgan fingerprint density at radius 2 is 1.57 bits per heavy atom. The molecule has 0 saturated carbocycles. The summed E-state index contributed by atoms with van der Waals surface area (Å²) in [6.07, 6.45) is 0. The maximum atomic E-state index is 11.9. The largest absolute Gasteiger partial charge is 0.504 e. The molecule has 0 radical (unpaired) electrons. The van der Waals surface area contributed by atoms with Gasteiger partial charge in [-0.25, -0.2) is 0 Å². The minimum Gasteiger partial charge on any atom is -0.504 e. The van der Waals surface area contributed by atoms with E-state index in [1.54, 1.807) is 0 Å². The van der Waals surface area contributed by atoms with Gasteiger partial charge in [0.1, 0.15) is 0 Å². The highest BCUT2D eigenvalue weighted by Crippen LogP contribution is 2.35. The number of benzene rings is 2. The van der Waals surface area contributed by atoms with Crippen molar-refractivity contribution in [2.75, 3.05) is 5.32 Å². The van der Waals surface area contributed by atoms with Gasteiger partial charge in [-0.3, -0.25) is 14.9 Å². The Hall–Kier alpha value is -3.29. The molecule has 0 aliphatic rings. The molecule has 8 heteroatoms. The Bertz CT molecular complexity index is 688. The molecule has 2 aromatic carbocycles. The van der Waals surface area contributed by atoms with Crippen molar-refractivity contribution in [3.63, 3.8) is 0 Å². The fourth-order valence-corrected chi connectivity index (χ4v) is 1.61. The summed E-state index contributed by atoms with van der Waals surface area (Å²) in [5, 5.41) is 40.8. The molecule has 0 saturated heterocycles. The van der Waals surface area contributed by atoms with E-state index in [1.807, 2.05) is 0 Å². The molecule has 0 aromatic heterocycles. The van der Waals surface area contributed by atoms with Gasteiger partial charge in [0.2, 0.25) is 0 Å². The maximum absolute atomic E-state index is 11.9. The van der Waals surface area contributed by atoms with Crippen molar-refractivity contribution in [3.8, 4) is 17.2 Å². The van der Waals surface area contributed by atoms with Crippen LogP contribution in [0, 0.1) is 10.1 Å². The van der Waals surface area contributed by atoms with E-state index in [1.165, 1.54) is 24.3 Å². The van der Waals surface area contributed by atoms with Crippen LogP contribution in [0.5, 0.6) is 17.2 Å². The summed E-state index contributed by atoms with van der Waals surface area (Å²) in [7, 11) is 0. The molecule has 2 aromatic rings. The molecule has 0 heterocycles. The highest BCUT2D eigenvalue weighted by molar-refractivity contribution is 6.05. The predicted octanol–water partition coefficient (Wildman–Crippen LogP) is 1.96. The number of carbonyl (C=O) groups is 1. The van der Waals surface area contributed by atoms with Crippen LogP contribution in [0.2, 0.25) is 0 Å². The summed E-state index contributed by atoms with van der Waals surface area (Å²) in [5.41, 5.74) is 0.103. The molecule has 0 bridgehead atoms. The smallest absolute Gasteiger partial charge is 0.269 e. The molecule has 21 heavy (non-hydrogen) atoms. The van der Waals surface area contributed by atoms with Crippen molar-refractivity contribution in [1.82, 2.24) is 0 Å². The number of nitrogens with one attached hydrogen (secondary N) is 1. The van der Waals surface area contributed by atoms with Crippen LogP contribution in [0.15, 0.2) is 36.4 Å². The molecule has 0 unspecified atom stereocenters. The molecular weight excluding hydrogens is 280 g/mol. The minimum absolute atomic E-state index is 0.0823. The number of nitro groups is 1. The lowest BCUT2D eigenvalue weighted by atomic mass is 10.1. The third kappa shape index (κ3) is 3.00. The zero-order valence-electron chi connectivity index (χ0n) is 10.5. The maximum Gasteiger partial charge on any atom is 0.269 e. The van der Waals surface area contributed by atoms with Crippen molar-refractivity contribution >= 4 is 17.3 Å². The summed E-state index contributed by atoms with van der Waals surface area (Å²) < 4.78 is 0. The number of phenols is 3. The zero-order valence-corrected chi connectivity index (χ0v) is 10.5. The fraction of sp³-hybridized carbons (Fsp3) is 0. The molecule has 2 rings (SSSR count). The molecule has 108 valence electrons. The Labute approximate surface area is 118 Å². The Morgan fingerprint density at radius 1 is 1.05 bits per heavy atom. The Balaban J connectivity index is 2.20. The van der Waals surface area contributed by atoms with Crippen LogP contribution in [-0.2, 0) is 0 Å². The van der Waals surface area contributed by atoms with Crippen molar-refractivity contribution < 1.29 is 25.0 Å². The number of phenolic OH excluding ortho intramolecular Hbond substituents is 3. The van der Waals surface area contributed by atoms with E-state index >= 15 is 0 Å². The van der Waals surface area contributed by atoms with Crippen LogP contribution in [0.4, 0.5) is 11.4 Å². The number of hydrogen-bond acceptors (Lipinski definition) is 6. The highest BCUT2D eigenvalue weighted by atomic mass is 16.6. The second kappa shape index (κ2) is 5.37. The average molecular weight is 290 g/mol. The van der Waals surface area contributed by atoms with Crippen molar-refractivity contribution in [2.45, 2.75) is 0 Å². The molecule has 8 nitrogen and oxygen atoms in total. The van der Waals surface area contributed by atoms with E-state index < -0.39 is 28.1 Å². The van der Waals surface area contributed by atoms with Gasteiger partial charge in [0.15, 0.2) is 17.2 Å². The molecule has 0 spiro atoms. The van der Waals surface area contributed by atoms with E-state index in [0.717, 1.165) is 12.1 Å². The fourth-order valence-electron chi connectivity index (χ4n) is 1.61. The first-order chi connectivity index (χ1) is 9.88. The molecular formula is C13H10N2O6. The van der Waals surface area contributed by atoms with Gasteiger partial charge in [-0.2, -0.15) is 0 Å². The van der Waals surface area contributed by atoms with Crippen molar-refractivity contribution in [1.29, 1.82) is 0 Å². The van der Waals surface area contributed by atoms with Crippen LogP contribution < -0.4 is 5.32 Å². The first-order valence-electron chi connectivity index (χ1n) is 5.69. The number of rotatable bonds is 3. The molecule has 1 amide bonds. The summed E-state index contributed by atoms with van der Waals surface area (Å²) in [6.45, 7) is 0. The number of aromatic hydroxyl groups is 3. The third-order valence-corrected chi connectivity index (χ3v) is 2.67. The monoisotopic (exact) mass is 290 g/mol. The lowest BCUT2D eigenvalue weighted by molar-refractivity contribution is -0.384. The number of anilines is 1. The number of amides is 1. The Morgan fingerprint density at radius 3 is 2.05 bits per heavy atom. The molecule has 0 atom stereocenters. The van der Waals surface area contributed by atoms with E-state index in [2.05, 4.69) is 5.32 Å². The van der Waals surface area contributed by atoms with E-state index in [4.69, 9.17) is 0 Å². The molecule has 0 fully saturated rings. The van der Waals surface area contributed by atoms with Crippen molar-refractivity contribution in [3.05, 3.63) is 52.1 Å². The Kier molecular flexibility index (Phi) is 3.61. The van der Waals surface area contributed by atoms with Crippen molar-refractivity contribution in [2.24, 2.45) is 0 Å². The van der Waals surface area contributed by atoms with Gasteiger partial charge in [0.05, 0.1) is 4.92 Å². The standard InChI is InChI=1S/C13H10N2O6/c16-10-5-7(6-11(17)12(10)18)13(19)14-8-1-3-9(4-2-8)15(20)21/h1-6,16-18H,(H,14,19). The van der Waals surface area contributed by atoms with Crippen LogP contribution >= 0.6 is 0 Å². The SMILES string of the molecule is O=C(Nc1ccc([N+](=O)[O-])cc1)c1cc(O)c(O)c(O)c1. The number of carbonyl (C=O) groups excluding carboxylic acids is 1. The van der Waals surface area contributed by atoms with Gasteiger partial charge in [-0.15, -0.1) is 0 Å². The number of hydrogen-bond donors (Lipinski definition) is 4. The predicted molar refractivity (Wildman–Crippen MR) is 72.5 cm³/mol. The zero-order chi connectivity index (χ0) is 15.6. The topological polar surface area (TPSA) is 133 Å². The van der Waals surface area contributed by atoms with Crippen LogP contribution in [-0.4, -0.2) is 26.2 Å². The van der Waals surface area contributed by atoms with Gasteiger partial charge < -0.3 is 20.6 Å². The minimum atomic E-state index is -0.720. The summed E-state index contributed by atoms with van der Waals surface area (Å²) in [6, 6.07) is 7.10. The molecule has 0 aliphatic carbocycles. The van der Waals surface area contributed by atoms with E-state index in [0.29, 0.717) is 5.69 Å². The van der Waals surface area contributed by atoms with E-state index in [-0.39, 0.29) is 11.3 Å².